The lowest BCUT2D eigenvalue weighted by molar-refractivity contribution is 0.0136. The molecule has 0 bridgehead atoms. The van der Waals surface area contributed by atoms with Crippen molar-refractivity contribution in [2.24, 2.45) is 0 Å². The van der Waals surface area contributed by atoms with Crippen LogP contribution in [0.25, 0.3) is 0 Å². The Balaban J connectivity index is 5.24. The molecule has 0 aliphatic rings. The van der Waals surface area contributed by atoms with Gasteiger partial charge < -0.3 is 14.4 Å². The average molecular weight is 354 g/mol. The fourth-order valence-corrected chi connectivity index (χ4v) is 1.74. The Labute approximate surface area is 152 Å². The number of likely N-dealkylation sites (N-methyl/N-ethyl adjacent to an activating group) is 1. The zero-order valence-corrected chi connectivity index (χ0v) is 17.2. The summed E-state index contributed by atoms with van der Waals surface area (Å²) >= 11 is 0. The van der Waals surface area contributed by atoms with Gasteiger partial charge in [-0.25, -0.2) is 9.59 Å². The van der Waals surface area contributed by atoms with Crippen LogP contribution in [0.5, 0.6) is 0 Å². The third-order valence-corrected chi connectivity index (χ3v) is 3.22. The lowest BCUT2D eigenvalue weighted by Crippen LogP contribution is -2.47. The van der Waals surface area contributed by atoms with Crippen molar-refractivity contribution in [3.63, 3.8) is 0 Å². The highest BCUT2D eigenvalue weighted by Crippen LogP contribution is 2.19. The second-order valence-corrected chi connectivity index (χ2v) is 8.26. The Kier molecular flexibility index (Phi) is 7.74. The largest absolute Gasteiger partial charge is 0.444 e. The summed E-state index contributed by atoms with van der Waals surface area (Å²) in [4.78, 5) is 27.6. The quantitative estimate of drug-likeness (QED) is 0.679. The SMILES string of the molecule is C=C(C)C(=C)N(C[C@@H](C)N(C)C(=O)OC(C)(C)C)C(=O)OC(C)(C)C. The normalized spacial score (nSPS) is 12.8. The second-order valence-electron chi connectivity index (χ2n) is 8.26. The zero-order chi connectivity index (χ0) is 20.2. The smallest absolute Gasteiger partial charge is 0.414 e. The van der Waals surface area contributed by atoms with Gasteiger partial charge in [0.1, 0.15) is 11.2 Å². The molecule has 0 aliphatic carbocycles. The molecule has 0 saturated heterocycles. The number of allylic oxidation sites excluding steroid dienone is 1. The molecule has 0 rings (SSSR count). The molecule has 1 atom stereocenters. The van der Waals surface area contributed by atoms with Gasteiger partial charge in [-0.05, 0) is 61.0 Å². The van der Waals surface area contributed by atoms with Crippen molar-refractivity contribution in [1.82, 2.24) is 9.80 Å². The van der Waals surface area contributed by atoms with Crippen LogP contribution in [0.4, 0.5) is 9.59 Å². The number of carbonyl (C=O) groups is 2. The number of ether oxygens (including phenoxy) is 2. The topological polar surface area (TPSA) is 59.1 Å². The van der Waals surface area contributed by atoms with Crippen LogP contribution < -0.4 is 0 Å². The first-order valence-electron chi connectivity index (χ1n) is 8.36. The molecule has 6 nitrogen and oxygen atoms in total. The number of carbonyl (C=O) groups excluding carboxylic acids is 2. The van der Waals surface area contributed by atoms with Gasteiger partial charge in [-0.1, -0.05) is 13.2 Å². The first kappa shape index (κ1) is 23.0. The van der Waals surface area contributed by atoms with Crippen molar-refractivity contribution in [1.29, 1.82) is 0 Å². The summed E-state index contributed by atoms with van der Waals surface area (Å²) in [6, 6.07) is -0.307. The van der Waals surface area contributed by atoms with Gasteiger partial charge in [0.05, 0.1) is 6.04 Å². The zero-order valence-electron chi connectivity index (χ0n) is 17.2. The van der Waals surface area contributed by atoms with Gasteiger partial charge in [0.2, 0.25) is 0 Å². The molecule has 25 heavy (non-hydrogen) atoms. The van der Waals surface area contributed by atoms with Crippen molar-refractivity contribution in [2.75, 3.05) is 13.6 Å². The minimum Gasteiger partial charge on any atom is -0.444 e. The van der Waals surface area contributed by atoms with Crippen LogP contribution in [0, 0.1) is 0 Å². The summed E-state index contributed by atoms with van der Waals surface area (Å²) in [7, 11) is 1.63. The second kappa shape index (κ2) is 8.41. The summed E-state index contributed by atoms with van der Waals surface area (Å²) < 4.78 is 10.8. The summed E-state index contributed by atoms with van der Waals surface area (Å²) in [5, 5.41) is 0. The molecule has 0 unspecified atom stereocenters. The molecule has 144 valence electrons. The third-order valence-electron chi connectivity index (χ3n) is 3.22. The van der Waals surface area contributed by atoms with E-state index >= 15 is 0 Å². The van der Waals surface area contributed by atoms with E-state index in [-0.39, 0.29) is 12.6 Å². The van der Waals surface area contributed by atoms with Crippen LogP contribution in [0.1, 0.15) is 55.4 Å². The molecule has 6 heteroatoms. The standard InChI is InChI=1S/C19H34N2O4/c1-13(2)15(4)21(17(23)25-19(8,9)10)12-14(3)20(11)16(22)24-18(5,6)7/h14H,1,4,12H2,2-3,5-11H3/t14-/m1/s1. The minimum atomic E-state index is -0.634. The lowest BCUT2D eigenvalue weighted by Gasteiger charge is -2.34. The minimum absolute atomic E-state index is 0.219. The highest BCUT2D eigenvalue weighted by molar-refractivity contribution is 5.72. The van der Waals surface area contributed by atoms with E-state index in [1.807, 2.05) is 6.92 Å². The summed E-state index contributed by atoms with van der Waals surface area (Å²) in [5.74, 6) is 0. The maximum atomic E-state index is 12.5. The number of hydrogen-bond donors (Lipinski definition) is 0. The molecule has 0 saturated carbocycles. The Morgan fingerprint density at radius 2 is 1.36 bits per heavy atom. The van der Waals surface area contributed by atoms with Crippen LogP contribution in [-0.2, 0) is 9.47 Å². The third kappa shape index (κ3) is 8.61. The first-order valence-corrected chi connectivity index (χ1v) is 8.36. The van der Waals surface area contributed by atoms with E-state index in [2.05, 4.69) is 13.2 Å². The molecule has 0 aromatic rings. The van der Waals surface area contributed by atoms with E-state index in [0.29, 0.717) is 11.3 Å². The van der Waals surface area contributed by atoms with Gasteiger partial charge in [0.25, 0.3) is 0 Å². The molecule has 0 fully saturated rings. The van der Waals surface area contributed by atoms with E-state index in [4.69, 9.17) is 9.47 Å². The van der Waals surface area contributed by atoms with E-state index in [9.17, 15) is 9.59 Å². The molecule has 0 N–H and O–H groups in total. The van der Waals surface area contributed by atoms with Gasteiger partial charge in [-0.15, -0.1) is 0 Å². The molecular formula is C19H34N2O4. The van der Waals surface area contributed by atoms with E-state index in [1.165, 1.54) is 9.80 Å². The Hall–Kier alpha value is -1.98. The molecule has 0 spiro atoms. The van der Waals surface area contributed by atoms with Crippen molar-refractivity contribution < 1.29 is 19.1 Å². The number of rotatable bonds is 5. The lowest BCUT2D eigenvalue weighted by atomic mass is 10.2. The number of amides is 2. The maximum Gasteiger partial charge on any atom is 0.414 e. The summed E-state index contributed by atoms with van der Waals surface area (Å²) in [6.45, 7) is 22.4. The van der Waals surface area contributed by atoms with Gasteiger partial charge in [-0.3, -0.25) is 4.90 Å². The van der Waals surface area contributed by atoms with Crippen molar-refractivity contribution in [3.05, 3.63) is 24.4 Å². The van der Waals surface area contributed by atoms with Gasteiger partial charge in [-0.2, -0.15) is 0 Å². The van der Waals surface area contributed by atoms with E-state index in [1.54, 1.807) is 55.5 Å². The molecule has 0 aromatic carbocycles. The van der Waals surface area contributed by atoms with Crippen molar-refractivity contribution in [3.8, 4) is 0 Å². The number of hydrogen-bond acceptors (Lipinski definition) is 4. The fourth-order valence-electron chi connectivity index (χ4n) is 1.74. The fraction of sp³-hybridized carbons (Fsp3) is 0.684. The Morgan fingerprint density at radius 3 is 1.72 bits per heavy atom. The average Bonchev–Trinajstić information content (AvgIpc) is 2.38. The maximum absolute atomic E-state index is 12.5. The highest BCUT2D eigenvalue weighted by atomic mass is 16.6. The molecule has 0 heterocycles. The number of nitrogens with zero attached hydrogens (tertiary/aromatic N) is 2. The molecule has 2 amide bonds. The van der Waals surface area contributed by atoms with Gasteiger partial charge in [0.15, 0.2) is 0 Å². The highest BCUT2D eigenvalue weighted by Gasteiger charge is 2.29. The predicted molar refractivity (Wildman–Crippen MR) is 100 cm³/mol. The molecular weight excluding hydrogens is 320 g/mol. The van der Waals surface area contributed by atoms with Crippen molar-refractivity contribution >= 4 is 12.2 Å². The van der Waals surface area contributed by atoms with Crippen LogP contribution in [0.2, 0.25) is 0 Å². The molecule has 0 radical (unpaired) electrons. The van der Waals surface area contributed by atoms with Crippen LogP contribution in [0.3, 0.4) is 0 Å². The predicted octanol–water partition coefficient (Wildman–Crippen LogP) is 4.57. The van der Waals surface area contributed by atoms with Gasteiger partial charge >= 0.3 is 12.2 Å². The van der Waals surface area contributed by atoms with Crippen LogP contribution in [-0.4, -0.2) is 52.8 Å². The van der Waals surface area contributed by atoms with E-state index in [0.717, 1.165) is 0 Å². The Morgan fingerprint density at radius 1 is 0.960 bits per heavy atom. The van der Waals surface area contributed by atoms with Gasteiger partial charge in [0, 0.05) is 19.3 Å². The summed E-state index contributed by atoms with van der Waals surface area (Å²) in [5.41, 5.74) is -0.112. The van der Waals surface area contributed by atoms with Crippen LogP contribution in [0.15, 0.2) is 24.4 Å². The first-order chi connectivity index (χ1) is 11.0. The Bertz CT molecular complexity index is 527. The molecule has 0 aromatic heterocycles. The monoisotopic (exact) mass is 354 g/mol. The van der Waals surface area contributed by atoms with Crippen LogP contribution >= 0.6 is 0 Å². The van der Waals surface area contributed by atoms with Crippen molar-refractivity contribution in [2.45, 2.75) is 72.6 Å². The molecule has 0 aliphatic heterocycles. The van der Waals surface area contributed by atoms with E-state index < -0.39 is 23.4 Å². The summed E-state index contributed by atoms with van der Waals surface area (Å²) in [6.07, 6.45) is -0.977.